The van der Waals surface area contributed by atoms with Gasteiger partial charge in [0.2, 0.25) is 0 Å². The summed E-state index contributed by atoms with van der Waals surface area (Å²) in [5.41, 5.74) is 4.68. The topological polar surface area (TPSA) is 73.1 Å². The Morgan fingerprint density at radius 1 is 1.12 bits per heavy atom. The number of anilines is 1. The van der Waals surface area contributed by atoms with Crippen molar-refractivity contribution in [2.24, 2.45) is 5.92 Å². The van der Waals surface area contributed by atoms with E-state index in [1.807, 2.05) is 30.3 Å². The van der Waals surface area contributed by atoms with Crippen LogP contribution in [0, 0.1) is 5.92 Å². The fourth-order valence-electron chi connectivity index (χ4n) is 5.20. The third-order valence-corrected chi connectivity index (χ3v) is 7.35. The molecular weight excluding hydrogens is 446 g/mol. The molecule has 3 heterocycles. The van der Waals surface area contributed by atoms with E-state index in [1.165, 1.54) is 37.7 Å². The molecule has 2 aromatic carbocycles. The van der Waals surface area contributed by atoms with E-state index in [0.717, 1.165) is 61.1 Å². The zero-order valence-corrected chi connectivity index (χ0v) is 20.8. The van der Waals surface area contributed by atoms with Crippen LogP contribution < -0.4 is 10.6 Å². The maximum Gasteiger partial charge on any atom is 0.255 e. The van der Waals surface area contributed by atoms with Crippen LogP contribution in [-0.4, -0.2) is 46.5 Å². The van der Waals surface area contributed by atoms with Gasteiger partial charge in [0.05, 0.1) is 17.6 Å². The molecule has 34 heavy (non-hydrogen) atoms. The number of nitrogens with zero attached hydrogens (tertiary/aromatic N) is 2. The summed E-state index contributed by atoms with van der Waals surface area (Å²) in [5, 5.41) is 6.47. The van der Waals surface area contributed by atoms with E-state index >= 15 is 0 Å². The van der Waals surface area contributed by atoms with E-state index in [-0.39, 0.29) is 18.3 Å². The van der Waals surface area contributed by atoms with Gasteiger partial charge in [0, 0.05) is 17.3 Å². The molecule has 7 heteroatoms. The first-order valence-electron chi connectivity index (χ1n) is 12.5. The zero-order chi connectivity index (χ0) is 22.6. The quantitative estimate of drug-likeness (QED) is 0.436. The number of amides is 1. The van der Waals surface area contributed by atoms with Crippen LogP contribution in [0.5, 0.6) is 0 Å². The number of aryl methyl sites for hydroxylation is 1. The van der Waals surface area contributed by atoms with E-state index in [9.17, 15) is 4.79 Å². The highest BCUT2D eigenvalue weighted by atomic mass is 35.5. The molecule has 2 saturated heterocycles. The largest absolute Gasteiger partial charge is 0.341 e. The van der Waals surface area contributed by atoms with Crippen molar-refractivity contribution in [2.45, 2.75) is 58.0 Å². The molecule has 0 bridgehead atoms. The number of fused-ring (bicyclic) bond motifs is 1. The number of carbonyl (C=O) groups is 1. The second-order valence-electron chi connectivity index (χ2n) is 9.76. The number of H-pyrrole nitrogens is 1. The predicted molar refractivity (Wildman–Crippen MR) is 141 cm³/mol. The van der Waals surface area contributed by atoms with E-state index < -0.39 is 0 Å². The summed E-state index contributed by atoms with van der Waals surface area (Å²) in [4.78, 5) is 23.4. The SMILES string of the molecule is C[C@H]1CCCN1Cc1nc2ccc(NC(=O)c3ccc(CCC4CCNCC4)cc3)cc2[nH]1.Cl. The lowest BCUT2D eigenvalue weighted by Crippen LogP contribution is -2.27. The van der Waals surface area contributed by atoms with Crippen LogP contribution >= 0.6 is 12.4 Å². The van der Waals surface area contributed by atoms with Crippen molar-refractivity contribution in [2.75, 3.05) is 25.0 Å². The van der Waals surface area contributed by atoms with E-state index in [0.29, 0.717) is 11.6 Å². The monoisotopic (exact) mass is 481 g/mol. The Morgan fingerprint density at radius 3 is 2.65 bits per heavy atom. The fourth-order valence-corrected chi connectivity index (χ4v) is 5.20. The van der Waals surface area contributed by atoms with Crippen LogP contribution in [0.25, 0.3) is 11.0 Å². The number of halogens is 1. The Bertz CT molecular complexity index is 1090. The number of imidazole rings is 1. The maximum atomic E-state index is 12.8. The third-order valence-electron chi connectivity index (χ3n) is 7.35. The summed E-state index contributed by atoms with van der Waals surface area (Å²) in [7, 11) is 0. The van der Waals surface area contributed by atoms with Gasteiger partial charge < -0.3 is 15.6 Å². The number of hydrogen-bond donors (Lipinski definition) is 3. The van der Waals surface area contributed by atoms with Crippen molar-refractivity contribution in [3.63, 3.8) is 0 Å². The fraction of sp³-hybridized carbons (Fsp3) is 0.481. The second kappa shape index (κ2) is 11.3. The molecule has 0 saturated carbocycles. The molecule has 1 amide bonds. The van der Waals surface area contributed by atoms with Crippen molar-refractivity contribution in [1.29, 1.82) is 0 Å². The summed E-state index contributed by atoms with van der Waals surface area (Å²) in [5.74, 6) is 1.73. The Hall–Kier alpha value is -2.41. The molecule has 182 valence electrons. The van der Waals surface area contributed by atoms with Crippen LogP contribution in [0.4, 0.5) is 5.69 Å². The molecule has 0 aliphatic carbocycles. The van der Waals surface area contributed by atoms with Gasteiger partial charge in [-0.05, 0) is 107 Å². The van der Waals surface area contributed by atoms with Crippen LogP contribution in [0.2, 0.25) is 0 Å². The van der Waals surface area contributed by atoms with Gasteiger partial charge >= 0.3 is 0 Å². The van der Waals surface area contributed by atoms with Gasteiger partial charge in [-0.1, -0.05) is 12.1 Å². The van der Waals surface area contributed by atoms with E-state index in [2.05, 4.69) is 39.6 Å². The van der Waals surface area contributed by atoms with Gasteiger partial charge in [-0.3, -0.25) is 9.69 Å². The Labute approximate surface area is 208 Å². The average Bonchev–Trinajstić information content (AvgIpc) is 3.43. The molecule has 3 N–H and O–H groups in total. The molecule has 2 aliphatic heterocycles. The van der Waals surface area contributed by atoms with Crippen LogP contribution in [-0.2, 0) is 13.0 Å². The highest BCUT2D eigenvalue weighted by Gasteiger charge is 2.21. The number of piperidine rings is 1. The number of hydrogen-bond acceptors (Lipinski definition) is 4. The van der Waals surface area contributed by atoms with Crippen LogP contribution in [0.15, 0.2) is 42.5 Å². The van der Waals surface area contributed by atoms with Gasteiger partial charge in [-0.25, -0.2) is 4.98 Å². The molecule has 1 atom stereocenters. The highest BCUT2D eigenvalue weighted by molar-refractivity contribution is 6.05. The molecule has 6 nitrogen and oxygen atoms in total. The van der Waals surface area contributed by atoms with Crippen molar-refractivity contribution < 1.29 is 4.79 Å². The molecule has 5 rings (SSSR count). The van der Waals surface area contributed by atoms with Gasteiger partial charge in [0.15, 0.2) is 0 Å². The average molecular weight is 482 g/mol. The molecule has 0 unspecified atom stereocenters. The lowest BCUT2D eigenvalue weighted by molar-refractivity contribution is 0.102. The van der Waals surface area contributed by atoms with Gasteiger partial charge in [-0.2, -0.15) is 0 Å². The van der Waals surface area contributed by atoms with Crippen molar-refractivity contribution >= 4 is 35.0 Å². The molecule has 0 spiro atoms. The number of benzene rings is 2. The van der Waals surface area contributed by atoms with Crippen LogP contribution in [0.3, 0.4) is 0 Å². The number of likely N-dealkylation sites (tertiary alicyclic amines) is 1. The lowest BCUT2D eigenvalue weighted by Gasteiger charge is -2.22. The van der Waals surface area contributed by atoms with Crippen molar-refractivity contribution in [3.05, 3.63) is 59.4 Å². The predicted octanol–water partition coefficient (Wildman–Crippen LogP) is 5.15. The standard InChI is InChI=1S/C27H35N5O.ClH/c1-19-3-2-16-32(19)18-26-30-24-11-10-23(17-25(24)31-26)29-27(33)22-8-6-20(7-9-22)4-5-21-12-14-28-15-13-21;/h6-11,17,19,21,28H,2-5,12-16,18H2,1H3,(H,29,33)(H,30,31);1H/t19-;/m0./s1. The number of aromatic amines is 1. The summed E-state index contributed by atoms with van der Waals surface area (Å²) >= 11 is 0. The molecule has 1 aromatic heterocycles. The summed E-state index contributed by atoms with van der Waals surface area (Å²) in [6.07, 6.45) is 7.39. The minimum Gasteiger partial charge on any atom is -0.341 e. The molecule has 0 radical (unpaired) electrons. The van der Waals surface area contributed by atoms with Gasteiger partial charge in [-0.15, -0.1) is 12.4 Å². The van der Waals surface area contributed by atoms with Gasteiger partial charge in [0.1, 0.15) is 5.82 Å². The molecule has 2 fully saturated rings. The summed E-state index contributed by atoms with van der Waals surface area (Å²) in [6.45, 7) is 6.56. The van der Waals surface area contributed by atoms with E-state index in [1.54, 1.807) is 0 Å². The molecular formula is C27H36ClN5O. The number of nitrogens with one attached hydrogen (secondary N) is 3. The maximum absolute atomic E-state index is 12.8. The minimum atomic E-state index is -0.0788. The van der Waals surface area contributed by atoms with Crippen LogP contribution in [0.1, 0.15) is 60.8 Å². The number of rotatable bonds is 7. The Morgan fingerprint density at radius 2 is 1.91 bits per heavy atom. The zero-order valence-electron chi connectivity index (χ0n) is 20.0. The Kier molecular flexibility index (Phi) is 8.24. The molecule has 2 aliphatic rings. The second-order valence-corrected chi connectivity index (χ2v) is 9.76. The smallest absolute Gasteiger partial charge is 0.255 e. The minimum absolute atomic E-state index is 0. The number of carbonyl (C=O) groups excluding carboxylic acids is 1. The van der Waals surface area contributed by atoms with Crippen molar-refractivity contribution in [3.8, 4) is 0 Å². The first-order valence-corrected chi connectivity index (χ1v) is 12.5. The normalized spacial score (nSPS) is 19.3. The third kappa shape index (κ3) is 5.98. The van der Waals surface area contributed by atoms with Crippen molar-refractivity contribution in [1.82, 2.24) is 20.2 Å². The first kappa shape index (κ1) is 24.7. The highest BCUT2D eigenvalue weighted by Crippen LogP contribution is 2.23. The summed E-state index contributed by atoms with van der Waals surface area (Å²) < 4.78 is 0. The summed E-state index contributed by atoms with van der Waals surface area (Å²) in [6, 6.07) is 14.6. The first-order chi connectivity index (χ1) is 16.1. The van der Waals surface area contributed by atoms with Gasteiger partial charge in [0.25, 0.3) is 5.91 Å². The van der Waals surface area contributed by atoms with E-state index in [4.69, 9.17) is 4.98 Å². The Balaban J connectivity index is 0.00000274. The number of aromatic nitrogens is 2. The lowest BCUT2D eigenvalue weighted by atomic mass is 9.91. The molecule has 3 aromatic rings.